The van der Waals surface area contributed by atoms with E-state index < -0.39 is 0 Å². The lowest BCUT2D eigenvalue weighted by atomic mass is 10.0. The molecule has 1 aromatic rings. The van der Waals surface area contributed by atoms with Crippen molar-refractivity contribution in [3.63, 3.8) is 0 Å². The molecule has 0 amide bonds. The van der Waals surface area contributed by atoms with Crippen LogP contribution in [0.15, 0.2) is 6.33 Å². The van der Waals surface area contributed by atoms with Gasteiger partial charge in [-0.15, -0.1) is 0 Å². The van der Waals surface area contributed by atoms with Crippen molar-refractivity contribution >= 4 is 11.6 Å². The van der Waals surface area contributed by atoms with Crippen LogP contribution in [0.5, 0.6) is 0 Å². The van der Waals surface area contributed by atoms with E-state index in [0.717, 1.165) is 57.1 Å². The number of rotatable bonds is 6. The third-order valence-corrected chi connectivity index (χ3v) is 3.58. The molecule has 0 saturated carbocycles. The van der Waals surface area contributed by atoms with Crippen molar-refractivity contribution in [2.75, 3.05) is 37.4 Å². The van der Waals surface area contributed by atoms with Crippen molar-refractivity contribution in [2.24, 2.45) is 5.92 Å². The van der Waals surface area contributed by atoms with E-state index in [4.69, 9.17) is 4.74 Å². The molecule has 0 bridgehead atoms. The fraction of sp³-hybridized carbons (Fsp3) is 0.714. The number of aromatic nitrogens is 2. The van der Waals surface area contributed by atoms with E-state index in [1.807, 2.05) is 7.05 Å². The zero-order chi connectivity index (χ0) is 13.5. The molecule has 5 nitrogen and oxygen atoms in total. The standard InChI is InChI=1S/C14H24N4O/c1-3-4-12-13(15-2)17-10-18-14(12)16-9-11-5-7-19-8-6-11/h10-11H,3-9H2,1-2H3,(H2,15,16,17,18). The average molecular weight is 264 g/mol. The molecular weight excluding hydrogens is 240 g/mol. The molecule has 2 rings (SSSR count). The van der Waals surface area contributed by atoms with Gasteiger partial charge in [-0.3, -0.25) is 0 Å². The number of anilines is 2. The molecule has 1 aromatic heterocycles. The van der Waals surface area contributed by atoms with Gasteiger partial charge in [-0.1, -0.05) is 13.3 Å². The van der Waals surface area contributed by atoms with Gasteiger partial charge in [-0.25, -0.2) is 9.97 Å². The Morgan fingerprint density at radius 1 is 1.26 bits per heavy atom. The number of nitrogens with zero attached hydrogens (tertiary/aromatic N) is 2. The normalized spacial score (nSPS) is 16.3. The quantitative estimate of drug-likeness (QED) is 0.825. The van der Waals surface area contributed by atoms with Crippen LogP contribution >= 0.6 is 0 Å². The molecule has 0 unspecified atom stereocenters. The summed E-state index contributed by atoms with van der Waals surface area (Å²) in [5.41, 5.74) is 1.19. The highest BCUT2D eigenvalue weighted by Gasteiger charge is 2.15. The summed E-state index contributed by atoms with van der Waals surface area (Å²) in [5.74, 6) is 2.61. The number of ether oxygens (including phenoxy) is 1. The van der Waals surface area contributed by atoms with Gasteiger partial charge in [0.15, 0.2) is 0 Å². The van der Waals surface area contributed by atoms with Crippen LogP contribution in [-0.2, 0) is 11.2 Å². The van der Waals surface area contributed by atoms with Crippen LogP contribution < -0.4 is 10.6 Å². The van der Waals surface area contributed by atoms with Gasteiger partial charge in [0.25, 0.3) is 0 Å². The lowest BCUT2D eigenvalue weighted by Crippen LogP contribution is -2.23. The Kier molecular flexibility index (Phi) is 5.39. The fourth-order valence-corrected chi connectivity index (χ4v) is 2.46. The maximum Gasteiger partial charge on any atom is 0.134 e. The van der Waals surface area contributed by atoms with Gasteiger partial charge in [-0.05, 0) is 25.2 Å². The molecule has 19 heavy (non-hydrogen) atoms. The summed E-state index contributed by atoms with van der Waals surface area (Å²) in [6.45, 7) is 4.92. The third-order valence-electron chi connectivity index (χ3n) is 3.58. The van der Waals surface area contributed by atoms with Gasteiger partial charge in [0.05, 0.1) is 0 Å². The van der Waals surface area contributed by atoms with E-state index in [2.05, 4.69) is 27.5 Å². The Bertz CT molecular complexity index is 391. The van der Waals surface area contributed by atoms with Crippen LogP contribution in [0.4, 0.5) is 11.6 Å². The predicted molar refractivity (Wildman–Crippen MR) is 77.6 cm³/mol. The zero-order valence-electron chi connectivity index (χ0n) is 11.9. The minimum atomic E-state index is 0.691. The van der Waals surface area contributed by atoms with E-state index >= 15 is 0 Å². The number of hydrogen-bond donors (Lipinski definition) is 2. The molecule has 0 spiro atoms. The van der Waals surface area contributed by atoms with E-state index in [0.29, 0.717) is 5.92 Å². The highest BCUT2D eigenvalue weighted by molar-refractivity contribution is 5.57. The molecule has 2 heterocycles. The lowest BCUT2D eigenvalue weighted by molar-refractivity contribution is 0.0699. The Morgan fingerprint density at radius 2 is 2.00 bits per heavy atom. The van der Waals surface area contributed by atoms with Crippen molar-refractivity contribution in [2.45, 2.75) is 32.6 Å². The maximum absolute atomic E-state index is 5.39. The van der Waals surface area contributed by atoms with Crippen molar-refractivity contribution in [1.82, 2.24) is 9.97 Å². The Balaban J connectivity index is 2.01. The first-order valence-electron chi connectivity index (χ1n) is 7.18. The van der Waals surface area contributed by atoms with Crippen LogP contribution in [0, 0.1) is 5.92 Å². The molecule has 0 radical (unpaired) electrons. The lowest BCUT2D eigenvalue weighted by Gasteiger charge is -2.23. The monoisotopic (exact) mass is 264 g/mol. The van der Waals surface area contributed by atoms with Gasteiger partial charge in [0, 0.05) is 32.4 Å². The van der Waals surface area contributed by atoms with Crippen molar-refractivity contribution < 1.29 is 4.74 Å². The van der Waals surface area contributed by atoms with Crippen molar-refractivity contribution in [1.29, 1.82) is 0 Å². The minimum Gasteiger partial charge on any atom is -0.381 e. The first-order chi connectivity index (χ1) is 9.35. The molecule has 1 fully saturated rings. The largest absolute Gasteiger partial charge is 0.381 e. The Labute approximate surface area is 115 Å². The molecule has 0 aliphatic carbocycles. The molecule has 1 aliphatic rings. The SMILES string of the molecule is CCCc1c(NC)ncnc1NCC1CCOCC1. The summed E-state index contributed by atoms with van der Waals surface area (Å²) in [6.07, 6.45) is 5.98. The molecular formula is C14H24N4O. The second kappa shape index (κ2) is 7.28. The molecule has 5 heteroatoms. The second-order valence-corrected chi connectivity index (χ2v) is 4.99. The predicted octanol–water partition coefficient (Wildman–Crippen LogP) is 2.31. The first-order valence-corrected chi connectivity index (χ1v) is 7.18. The van der Waals surface area contributed by atoms with Crippen LogP contribution in [-0.4, -0.2) is 36.8 Å². The van der Waals surface area contributed by atoms with Gasteiger partial charge >= 0.3 is 0 Å². The fourth-order valence-electron chi connectivity index (χ4n) is 2.46. The van der Waals surface area contributed by atoms with Crippen LogP contribution in [0.25, 0.3) is 0 Å². The van der Waals surface area contributed by atoms with E-state index in [9.17, 15) is 0 Å². The van der Waals surface area contributed by atoms with Crippen molar-refractivity contribution in [3.05, 3.63) is 11.9 Å². The molecule has 1 saturated heterocycles. The summed E-state index contributed by atoms with van der Waals surface area (Å²) in [6, 6.07) is 0. The maximum atomic E-state index is 5.39. The van der Waals surface area contributed by atoms with Gasteiger partial charge in [-0.2, -0.15) is 0 Å². The summed E-state index contributed by atoms with van der Waals surface area (Å²) < 4.78 is 5.39. The molecule has 106 valence electrons. The van der Waals surface area contributed by atoms with E-state index in [1.165, 1.54) is 5.56 Å². The van der Waals surface area contributed by atoms with Crippen molar-refractivity contribution in [3.8, 4) is 0 Å². The Morgan fingerprint density at radius 3 is 2.68 bits per heavy atom. The minimum absolute atomic E-state index is 0.691. The third kappa shape index (κ3) is 3.80. The molecule has 2 N–H and O–H groups in total. The summed E-state index contributed by atoms with van der Waals surface area (Å²) in [7, 11) is 1.91. The van der Waals surface area contributed by atoms with Gasteiger partial charge in [0.1, 0.15) is 18.0 Å². The van der Waals surface area contributed by atoms with Crippen LogP contribution in [0.3, 0.4) is 0 Å². The molecule has 0 atom stereocenters. The van der Waals surface area contributed by atoms with E-state index in [1.54, 1.807) is 6.33 Å². The van der Waals surface area contributed by atoms with Gasteiger partial charge in [0.2, 0.25) is 0 Å². The van der Waals surface area contributed by atoms with E-state index in [-0.39, 0.29) is 0 Å². The first kappa shape index (κ1) is 14.1. The summed E-state index contributed by atoms with van der Waals surface area (Å²) in [5, 5.41) is 6.64. The summed E-state index contributed by atoms with van der Waals surface area (Å²) >= 11 is 0. The highest BCUT2D eigenvalue weighted by Crippen LogP contribution is 2.22. The second-order valence-electron chi connectivity index (χ2n) is 4.99. The topological polar surface area (TPSA) is 59.1 Å². The molecule has 1 aliphatic heterocycles. The van der Waals surface area contributed by atoms with Crippen LogP contribution in [0.2, 0.25) is 0 Å². The van der Waals surface area contributed by atoms with Gasteiger partial charge < -0.3 is 15.4 Å². The Hall–Kier alpha value is -1.36. The number of hydrogen-bond acceptors (Lipinski definition) is 5. The molecule has 0 aromatic carbocycles. The summed E-state index contributed by atoms with van der Waals surface area (Å²) in [4.78, 5) is 8.69. The van der Waals surface area contributed by atoms with Crippen LogP contribution in [0.1, 0.15) is 31.7 Å². The zero-order valence-corrected chi connectivity index (χ0v) is 11.9. The smallest absolute Gasteiger partial charge is 0.134 e. The number of nitrogens with one attached hydrogen (secondary N) is 2. The highest BCUT2D eigenvalue weighted by atomic mass is 16.5. The average Bonchev–Trinajstić information content (AvgIpc) is 2.47.